The molecule has 0 unspecified atom stereocenters. The topological polar surface area (TPSA) is 75.6 Å². The zero-order valence-corrected chi connectivity index (χ0v) is 13.6. The van der Waals surface area contributed by atoms with Crippen molar-refractivity contribution in [1.82, 2.24) is 0 Å². The number of aromatic carboxylic acids is 1. The molecule has 0 aromatic heterocycles. The highest BCUT2D eigenvalue weighted by Gasteiger charge is 2.09. The molecule has 2 N–H and O–H groups in total. The van der Waals surface area contributed by atoms with Gasteiger partial charge < -0.3 is 15.2 Å². The minimum absolute atomic E-state index is 0.128. The van der Waals surface area contributed by atoms with Crippen LogP contribution in [0.15, 0.2) is 48.5 Å². The highest BCUT2D eigenvalue weighted by Crippen LogP contribution is 2.17. The van der Waals surface area contributed by atoms with Gasteiger partial charge in [-0.3, -0.25) is 4.79 Å². The first-order chi connectivity index (χ1) is 11.6. The molecule has 24 heavy (non-hydrogen) atoms. The summed E-state index contributed by atoms with van der Waals surface area (Å²) in [5.74, 6) is -1.16. The van der Waals surface area contributed by atoms with Gasteiger partial charge in [0.1, 0.15) is 0 Å². The zero-order valence-electron chi connectivity index (χ0n) is 13.6. The second kappa shape index (κ2) is 8.84. The SMILES string of the molecule is COCc1cc(NC(=O)CCCc2ccccc2)cc(C(=O)O)c1. The van der Waals surface area contributed by atoms with E-state index in [4.69, 9.17) is 9.84 Å². The molecule has 126 valence electrons. The molecule has 0 radical (unpaired) electrons. The summed E-state index contributed by atoms with van der Waals surface area (Å²) in [6, 6.07) is 14.7. The van der Waals surface area contributed by atoms with Gasteiger partial charge in [0, 0.05) is 19.2 Å². The Labute approximate surface area is 141 Å². The molecular weight excluding hydrogens is 306 g/mol. The van der Waals surface area contributed by atoms with E-state index in [1.807, 2.05) is 30.3 Å². The Morgan fingerprint density at radius 2 is 1.83 bits per heavy atom. The van der Waals surface area contributed by atoms with E-state index in [0.29, 0.717) is 17.7 Å². The van der Waals surface area contributed by atoms with Crippen molar-refractivity contribution in [3.63, 3.8) is 0 Å². The number of anilines is 1. The third-order valence-electron chi connectivity index (χ3n) is 3.55. The molecular formula is C19H21NO4. The number of hydrogen-bond donors (Lipinski definition) is 2. The molecule has 1 amide bonds. The zero-order chi connectivity index (χ0) is 17.4. The molecule has 0 bridgehead atoms. The second-order valence-corrected chi connectivity index (χ2v) is 5.54. The molecule has 0 spiro atoms. The van der Waals surface area contributed by atoms with Crippen LogP contribution in [-0.2, 0) is 22.6 Å². The van der Waals surface area contributed by atoms with Gasteiger partial charge in [0.25, 0.3) is 0 Å². The Morgan fingerprint density at radius 1 is 1.08 bits per heavy atom. The van der Waals surface area contributed by atoms with Crippen molar-refractivity contribution >= 4 is 17.6 Å². The third kappa shape index (κ3) is 5.52. The molecule has 5 heteroatoms. The standard InChI is InChI=1S/C19H21NO4/c1-24-13-15-10-16(19(22)23)12-17(11-15)20-18(21)9-5-8-14-6-3-2-4-7-14/h2-4,6-7,10-12H,5,8-9,13H2,1H3,(H,20,21)(H,22,23). The molecule has 2 aromatic rings. The molecule has 0 aliphatic carbocycles. The minimum Gasteiger partial charge on any atom is -0.478 e. The first-order valence-corrected chi connectivity index (χ1v) is 7.78. The van der Waals surface area contributed by atoms with Crippen LogP contribution in [0, 0.1) is 0 Å². The van der Waals surface area contributed by atoms with Crippen molar-refractivity contribution in [1.29, 1.82) is 0 Å². The van der Waals surface area contributed by atoms with Gasteiger partial charge in [0.2, 0.25) is 5.91 Å². The van der Waals surface area contributed by atoms with E-state index >= 15 is 0 Å². The van der Waals surface area contributed by atoms with Crippen LogP contribution in [-0.4, -0.2) is 24.1 Å². The number of benzene rings is 2. The fourth-order valence-corrected chi connectivity index (χ4v) is 2.46. The van der Waals surface area contributed by atoms with Crippen molar-refractivity contribution in [3.8, 4) is 0 Å². The Morgan fingerprint density at radius 3 is 2.50 bits per heavy atom. The summed E-state index contributed by atoms with van der Waals surface area (Å²) >= 11 is 0. The van der Waals surface area contributed by atoms with E-state index in [1.54, 1.807) is 6.07 Å². The van der Waals surface area contributed by atoms with Gasteiger partial charge in [-0.05, 0) is 42.2 Å². The average Bonchev–Trinajstić information content (AvgIpc) is 2.56. The van der Waals surface area contributed by atoms with E-state index in [0.717, 1.165) is 12.8 Å². The summed E-state index contributed by atoms with van der Waals surface area (Å²) in [6.45, 7) is 0.290. The molecule has 0 saturated heterocycles. The maximum absolute atomic E-state index is 12.1. The van der Waals surface area contributed by atoms with Crippen LogP contribution in [0.3, 0.4) is 0 Å². The predicted octanol–water partition coefficient (Wildman–Crippen LogP) is 3.49. The molecule has 2 aromatic carbocycles. The maximum Gasteiger partial charge on any atom is 0.335 e. The lowest BCUT2D eigenvalue weighted by Gasteiger charge is -2.09. The molecule has 2 rings (SSSR count). The first kappa shape index (κ1) is 17.7. The number of carboxylic acids is 1. The number of carbonyl (C=O) groups excluding carboxylic acids is 1. The molecule has 5 nitrogen and oxygen atoms in total. The molecule has 0 saturated carbocycles. The van der Waals surface area contributed by atoms with Crippen LogP contribution in [0.1, 0.15) is 34.3 Å². The van der Waals surface area contributed by atoms with Gasteiger partial charge in [-0.2, -0.15) is 0 Å². The Kier molecular flexibility index (Phi) is 6.51. The lowest BCUT2D eigenvalue weighted by Crippen LogP contribution is -2.12. The van der Waals surface area contributed by atoms with Gasteiger partial charge in [0.15, 0.2) is 0 Å². The van der Waals surface area contributed by atoms with Crippen molar-refractivity contribution in [3.05, 3.63) is 65.2 Å². The summed E-state index contributed by atoms with van der Waals surface area (Å²) in [5.41, 5.74) is 2.51. The molecule has 0 aliphatic heterocycles. The number of ether oxygens (including phenoxy) is 1. The van der Waals surface area contributed by atoms with E-state index in [9.17, 15) is 9.59 Å². The summed E-state index contributed by atoms with van der Waals surface area (Å²) in [4.78, 5) is 23.2. The third-order valence-corrected chi connectivity index (χ3v) is 3.55. The molecule has 0 heterocycles. The number of carbonyl (C=O) groups is 2. The number of carboxylic acid groups (broad SMARTS) is 1. The molecule has 0 fully saturated rings. The van der Waals surface area contributed by atoms with Gasteiger partial charge in [-0.15, -0.1) is 0 Å². The molecule has 0 atom stereocenters. The molecule has 0 aliphatic rings. The Hall–Kier alpha value is -2.66. The second-order valence-electron chi connectivity index (χ2n) is 5.54. The normalized spacial score (nSPS) is 10.4. The van der Waals surface area contributed by atoms with Crippen LogP contribution in [0.2, 0.25) is 0 Å². The van der Waals surface area contributed by atoms with Gasteiger partial charge >= 0.3 is 5.97 Å². The number of amides is 1. The van der Waals surface area contributed by atoms with Crippen molar-refractivity contribution in [2.24, 2.45) is 0 Å². The fourth-order valence-electron chi connectivity index (χ4n) is 2.46. The van der Waals surface area contributed by atoms with Crippen LogP contribution in [0.4, 0.5) is 5.69 Å². The number of aryl methyl sites for hydroxylation is 1. The van der Waals surface area contributed by atoms with Gasteiger partial charge in [-0.25, -0.2) is 4.79 Å². The number of nitrogens with one attached hydrogen (secondary N) is 1. The van der Waals surface area contributed by atoms with E-state index < -0.39 is 5.97 Å². The van der Waals surface area contributed by atoms with Crippen LogP contribution in [0.25, 0.3) is 0 Å². The van der Waals surface area contributed by atoms with Crippen LogP contribution in [0.5, 0.6) is 0 Å². The van der Waals surface area contributed by atoms with E-state index in [-0.39, 0.29) is 18.1 Å². The maximum atomic E-state index is 12.1. The van der Waals surface area contributed by atoms with E-state index in [1.165, 1.54) is 24.8 Å². The Bertz CT molecular complexity index is 698. The average molecular weight is 327 g/mol. The van der Waals surface area contributed by atoms with Crippen LogP contribution >= 0.6 is 0 Å². The highest BCUT2D eigenvalue weighted by atomic mass is 16.5. The largest absolute Gasteiger partial charge is 0.478 e. The van der Waals surface area contributed by atoms with Gasteiger partial charge in [-0.1, -0.05) is 30.3 Å². The Balaban J connectivity index is 1.93. The lowest BCUT2D eigenvalue weighted by molar-refractivity contribution is -0.116. The first-order valence-electron chi connectivity index (χ1n) is 7.78. The van der Waals surface area contributed by atoms with Gasteiger partial charge in [0.05, 0.1) is 12.2 Å². The minimum atomic E-state index is -1.03. The predicted molar refractivity (Wildman–Crippen MR) is 92.1 cm³/mol. The number of hydrogen-bond acceptors (Lipinski definition) is 3. The quantitative estimate of drug-likeness (QED) is 0.778. The highest BCUT2D eigenvalue weighted by molar-refractivity contribution is 5.94. The monoisotopic (exact) mass is 327 g/mol. The summed E-state index contributed by atoms with van der Waals surface area (Å²) in [5, 5.41) is 11.9. The van der Waals surface area contributed by atoms with E-state index in [2.05, 4.69) is 5.32 Å². The lowest BCUT2D eigenvalue weighted by atomic mass is 10.1. The summed E-state index contributed by atoms with van der Waals surface area (Å²) in [7, 11) is 1.54. The van der Waals surface area contributed by atoms with Crippen molar-refractivity contribution < 1.29 is 19.4 Å². The van der Waals surface area contributed by atoms with Crippen molar-refractivity contribution in [2.75, 3.05) is 12.4 Å². The summed E-state index contributed by atoms with van der Waals surface area (Å²) in [6.07, 6.45) is 1.95. The smallest absolute Gasteiger partial charge is 0.335 e. The van der Waals surface area contributed by atoms with Crippen molar-refractivity contribution in [2.45, 2.75) is 25.9 Å². The number of rotatable bonds is 8. The number of methoxy groups -OCH3 is 1. The van der Waals surface area contributed by atoms with Crippen LogP contribution < -0.4 is 5.32 Å². The summed E-state index contributed by atoms with van der Waals surface area (Å²) < 4.78 is 5.03. The fraction of sp³-hybridized carbons (Fsp3) is 0.263.